The zero-order chi connectivity index (χ0) is 22.7. The first kappa shape index (κ1) is 27.5. The second kappa shape index (κ2) is 13.0. The fraction of sp³-hybridized carbons (Fsp3) is 0.750. The summed E-state index contributed by atoms with van der Waals surface area (Å²) in [5.74, 6) is 0. The van der Waals surface area contributed by atoms with Crippen LogP contribution in [0.2, 0.25) is 0 Å². The van der Waals surface area contributed by atoms with E-state index in [1.807, 2.05) is 53.8 Å². The second-order valence-corrected chi connectivity index (χ2v) is 9.52. The molecule has 0 radical (unpaired) electrons. The molecule has 29 heavy (non-hydrogen) atoms. The fourth-order valence-electron chi connectivity index (χ4n) is 2.57. The number of carbonyl (C=O) groups is 1. The fourth-order valence-corrected chi connectivity index (χ4v) is 2.57. The Hall–Kier alpha value is -1.46. The maximum Gasteiger partial charge on any atom is 0.124 e. The van der Waals surface area contributed by atoms with E-state index in [1.54, 1.807) is 14.2 Å². The van der Waals surface area contributed by atoms with Crippen molar-refractivity contribution in [2.45, 2.75) is 86.4 Å². The Balaban J connectivity index is 0.000000591. The lowest BCUT2D eigenvalue weighted by Crippen LogP contribution is -2.37. The number of hydrogen-bond donors (Lipinski definition) is 0. The molecule has 2 heterocycles. The SMILES string of the molecule is COC(C)(C)C.COC(C)C.Cc1nccc(N2CCC(C)(C)CC2)c1CC=O. The minimum atomic E-state index is 0.0417. The summed E-state index contributed by atoms with van der Waals surface area (Å²) in [7, 11) is 3.41. The monoisotopic (exact) mass is 408 g/mol. The highest BCUT2D eigenvalue weighted by atomic mass is 16.5. The molecule has 0 bridgehead atoms. The van der Waals surface area contributed by atoms with Gasteiger partial charge in [-0.05, 0) is 65.9 Å². The van der Waals surface area contributed by atoms with E-state index in [2.05, 4.69) is 23.7 Å². The number of aldehydes is 1. The number of piperidine rings is 1. The van der Waals surface area contributed by atoms with Gasteiger partial charge in [0.25, 0.3) is 0 Å². The van der Waals surface area contributed by atoms with Crippen molar-refractivity contribution in [3.63, 3.8) is 0 Å². The largest absolute Gasteiger partial charge is 0.382 e. The quantitative estimate of drug-likeness (QED) is 0.639. The zero-order valence-corrected chi connectivity index (χ0v) is 20.5. The van der Waals surface area contributed by atoms with E-state index in [9.17, 15) is 4.79 Å². The Morgan fingerprint density at radius 1 is 1.21 bits per heavy atom. The molecule has 5 nitrogen and oxygen atoms in total. The van der Waals surface area contributed by atoms with Gasteiger partial charge in [0, 0.05) is 56.9 Å². The molecule has 1 aliphatic heterocycles. The van der Waals surface area contributed by atoms with Crippen LogP contribution in [0.15, 0.2) is 12.3 Å². The molecule has 0 unspecified atom stereocenters. The number of pyridine rings is 1. The third-order valence-corrected chi connectivity index (χ3v) is 5.08. The third-order valence-electron chi connectivity index (χ3n) is 5.08. The zero-order valence-electron chi connectivity index (χ0n) is 20.5. The van der Waals surface area contributed by atoms with Gasteiger partial charge in [-0.1, -0.05) is 13.8 Å². The molecule has 1 aromatic rings. The summed E-state index contributed by atoms with van der Waals surface area (Å²) in [4.78, 5) is 17.5. The Morgan fingerprint density at radius 3 is 2.07 bits per heavy atom. The third kappa shape index (κ3) is 12.0. The van der Waals surface area contributed by atoms with Crippen LogP contribution in [0.4, 0.5) is 5.69 Å². The number of nitrogens with zero attached hydrogens (tertiary/aromatic N) is 2. The summed E-state index contributed by atoms with van der Waals surface area (Å²) in [6.07, 6.45) is 6.08. The Bertz CT molecular complexity index is 582. The highest BCUT2D eigenvalue weighted by Crippen LogP contribution is 2.33. The predicted octanol–water partition coefficient (Wildman–Crippen LogP) is 5.23. The van der Waals surface area contributed by atoms with Gasteiger partial charge >= 0.3 is 0 Å². The Labute approximate surface area is 179 Å². The average molecular weight is 409 g/mol. The molecule has 5 heteroatoms. The van der Waals surface area contributed by atoms with Gasteiger partial charge in [-0.15, -0.1) is 0 Å². The first-order valence-electron chi connectivity index (χ1n) is 10.6. The highest BCUT2D eigenvalue weighted by Gasteiger charge is 2.26. The molecule has 0 atom stereocenters. The lowest BCUT2D eigenvalue weighted by atomic mass is 9.82. The van der Waals surface area contributed by atoms with Gasteiger partial charge in [-0.2, -0.15) is 0 Å². The van der Waals surface area contributed by atoms with Crippen LogP contribution in [0.3, 0.4) is 0 Å². The van der Waals surface area contributed by atoms with E-state index >= 15 is 0 Å². The molecule has 0 N–H and O–H groups in total. The van der Waals surface area contributed by atoms with Crippen molar-refractivity contribution in [2.75, 3.05) is 32.2 Å². The summed E-state index contributed by atoms with van der Waals surface area (Å²) in [6.45, 7) is 18.8. The van der Waals surface area contributed by atoms with Crippen LogP contribution >= 0.6 is 0 Å². The number of hydrogen-bond acceptors (Lipinski definition) is 5. The molecule has 0 spiro atoms. The van der Waals surface area contributed by atoms with E-state index in [0.717, 1.165) is 30.6 Å². The molecule has 0 amide bonds. The minimum absolute atomic E-state index is 0.0417. The van der Waals surface area contributed by atoms with Crippen LogP contribution in [0.1, 0.15) is 72.6 Å². The first-order chi connectivity index (χ1) is 13.4. The van der Waals surface area contributed by atoms with Crippen molar-refractivity contribution < 1.29 is 14.3 Å². The second-order valence-electron chi connectivity index (χ2n) is 9.52. The van der Waals surface area contributed by atoms with Gasteiger partial charge in [0.15, 0.2) is 0 Å². The molecule has 1 fully saturated rings. The molecular weight excluding hydrogens is 364 g/mol. The number of methoxy groups -OCH3 is 2. The molecule has 2 rings (SSSR count). The van der Waals surface area contributed by atoms with E-state index in [-0.39, 0.29) is 5.60 Å². The number of aromatic nitrogens is 1. The van der Waals surface area contributed by atoms with Crippen molar-refractivity contribution in [3.05, 3.63) is 23.5 Å². The standard InChI is InChI=1S/C15H22N2O.C5H12O.C4H10O/c1-12-13(5-11-18)14(4-8-16-12)17-9-6-15(2,3)7-10-17;1-5(2,3)6-4;1-4(2)5-3/h4,8,11H,5-7,9-10H2,1-3H3;1-4H3;4H,1-3H3. The Morgan fingerprint density at radius 2 is 1.69 bits per heavy atom. The van der Waals surface area contributed by atoms with Gasteiger partial charge in [-0.3, -0.25) is 4.98 Å². The topological polar surface area (TPSA) is 51.7 Å². The Kier molecular flexibility index (Phi) is 12.3. The van der Waals surface area contributed by atoms with Gasteiger partial charge in [0.2, 0.25) is 0 Å². The van der Waals surface area contributed by atoms with Crippen molar-refractivity contribution >= 4 is 12.0 Å². The van der Waals surface area contributed by atoms with Crippen molar-refractivity contribution in [3.8, 4) is 0 Å². The molecule has 0 saturated carbocycles. The molecule has 1 aliphatic rings. The summed E-state index contributed by atoms with van der Waals surface area (Å²) in [5.41, 5.74) is 3.75. The molecular formula is C24H44N2O3. The van der Waals surface area contributed by atoms with E-state index in [4.69, 9.17) is 9.47 Å². The normalized spacial score (nSPS) is 15.8. The predicted molar refractivity (Wildman–Crippen MR) is 123 cm³/mol. The maximum atomic E-state index is 10.8. The van der Waals surface area contributed by atoms with Crippen LogP contribution in [0.25, 0.3) is 0 Å². The maximum absolute atomic E-state index is 10.8. The van der Waals surface area contributed by atoms with Crippen LogP contribution in [-0.2, 0) is 20.7 Å². The van der Waals surface area contributed by atoms with Crippen LogP contribution in [-0.4, -0.2) is 50.3 Å². The molecule has 1 saturated heterocycles. The van der Waals surface area contributed by atoms with Crippen molar-refractivity contribution in [1.82, 2.24) is 4.98 Å². The number of carbonyl (C=O) groups excluding carboxylic acids is 1. The summed E-state index contributed by atoms with van der Waals surface area (Å²) < 4.78 is 9.69. The first-order valence-corrected chi connectivity index (χ1v) is 10.6. The lowest BCUT2D eigenvalue weighted by Gasteiger charge is -2.39. The van der Waals surface area contributed by atoms with Crippen LogP contribution in [0, 0.1) is 12.3 Å². The van der Waals surface area contributed by atoms with E-state index in [0.29, 0.717) is 17.9 Å². The summed E-state index contributed by atoms with van der Waals surface area (Å²) >= 11 is 0. The van der Waals surface area contributed by atoms with E-state index in [1.165, 1.54) is 18.5 Å². The van der Waals surface area contributed by atoms with Gasteiger partial charge < -0.3 is 19.2 Å². The van der Waals surface area contributed by atoms with Gasteiger partial charge in [-0.25, -0.2) is 0 Å². The molecule has 0 aromatic carbocycles. The van der Waals surface area contributed by atoms with Crippen LogP contribution in [0.5, 0.6) is 0 Å². The highest BCUT2D eigenvalue weighted by molar-refractivity contribution is 5.64. The van der Waals surface area contributed by atoms with E-state index < -0.39 is 0 Å². The van der Waals surface area contributed by atoms with Crippen molar-refractivity contribution in [1.29, 1.82) is 0 Å². The molecule has 1 aromatic heterocycles. The lowest BCUT2D eigenvalue weighted by molar-refractivity contribution is -0.107. The summed E-state index contributed by atoms with van der Waals surface area (Å²) in [6, 6.07) is 2.05. The average Bonchev–Trinajstić information content (AvgIpc) is 2.64. The summed E-state index contributed by atoms with van der Waals surface area (Å²) in [5, 5.41) is 0. The number of aryl methyl sites for hydroxylation is 1. The van der Waals surface area contributed by atoms with Crippen molar-refractivity contribution in [2.24, 2.45) is 5.41 Å². The van der Waals surface area contributed by atoms with Crippen LogP contribution < -0.4 is 4.90 Å². The van der Waals surface area contributed by atoms with Gasteiger partial charge in [0.1, 0.15) is 6.29 Å². The number of rotatable bonds is 4. The smallest absolute Gasteiger partial charge is 0.124 e. The molecule has 168 valence electrons. The number of ether oxygens (including phenoxy) is 2. The van der Waals surface area contributed by atoms with Gasteiger partial charge in [0.05, 0.1) is 11.7 Å². The number of anilines is 1. The minimum Gasteiger partial charge on any atom is -0.382 e. The molecule has 0 aliphatic carbocycles.